The van der Waals surface area contributed by atoms with E-state index in [1.165, 1.54) is 38.5 Å². The number of hydrogen-bond donors (Lipinski definition) is 0. The topological polar surface area (TPSA) is 9.23 Å². The molecule has 2 heteroatoms. The summed E-state index contributed by atoms with van der Waals surface area (Å²) in [5.41, 5.74) is 0. The van der Waals surface area contributed by atoms with E-state index in [1.54, 1.807) is 0 Å². The molecule has 0 spiro atoms. The monoisotopic (exact) mass is 346 g/mol. The maximum Gasteiger partial charge on any atom is 0.191 e. The summed E-state index contributed by atoms with van der Waals surface area (Å²) in [4.78, 5) is 0. The Morgan fingerprint density at radius 1 is 0.833 bits per heavy atom. The highest BCUT2D eigenvalue weighted by Gasteiger charge is 2.36. The third-order valence-electron chi connectivity index (χ3n) is 4.57. The lowest BCUT2D eigenvalue weighted by Gasteiger charge is -2.36. The molecule has 0 saturated heterocycles. The summed E-state index contributed by atoms with van der Waals surface area (Å²) in [7, 11) is -1.55. The lowest BCUT2D eigenvalue weighted by Crippen LogP contribution is -2.40. The summed E-state index contributed by atoms with van der Waals surface area (Å²) >= 11 is 0. The van der Waals surface area contributed by atoms with E-state index in [2.05, 4.69) is 64.5 Å². The third-order valence-corrected chi connectivity index (χ3v) is 9.11. The molecule has 0 rings (SSSR count). The van der Waals surface area contributed by atoms with Crippen LogP contribution in [0.15, 0.2) is 12.2 Å². The summed E-state index contributed by atoms with van der Waals surface area (Å²) < 4.78 is 6.19. The van der Waals surface area contributed by atoms with Gasteiger partial charge in [0.25, 0.3) is 0 Å². The molecule has 0 amide bonds. The highest BCUT2D eigenvalue weighted by atomic mass is 28.4. The van der Waals surface area contributed by atoms with E-state index in [9.17, 15) is 0 Å². The first-order valence-electron chi connectivity index (χ1n) is 9.57. The minimum atomic E-state index is -1.55. The van der Waals surface area contributed by atoms with Gasteiger partial charge in [-0.2, -0.15) is 0 Å². The Morgan fingerprint density at radius 2 is 1.38 bits per heavy atom. The van der Waals surface area contributed by atoms with Crippen LogP contribution in [0, 0.1) is 23.7 Å². The number of rotatable bonds is 9. The fourth-order valence-electron chi connectivity index (χ4n) is 1.82. The molecule has 0 N–H and O–H groups in total. The first-order valence-corrected chi connectivity index (χ1v) is 12.5. The van der Waals surface area contributed by atoms with Crippen molar-refractivity contribution in [3.05, 3.63) is 12.2 Å². The van der Waals surface area contributed by atoms with Crippen LogP contribution >= 0.6 is 0 Å². The molecule has 24 heavy (non-hydrogen) atoms. The highest BCUT2D eigenvalue weighted by molar-refractivity contribution is 6.74. The van der Waals surface area contributed by atoms with E-state index < -0.39 is 8.32 Å². The molecular weight excluding hydrogens is 308 g/mol. The summed E-state index contributed by atoms with van der Waals surface area (Å²) in [5.74, 6) is 12.4. The first kappa shape index (κ1) is 23.0. The van der Waals surface area contributed by atoms with Crippen molar-refractivity contribution in [1.82, 2.24) is 0 Å². The second kappa shape index (κ2) is 13.3. The highest BCUT2D eigenvalue weighted by Crippen LogP contribution is 2.36. The van der Waals surface area contributed by atoms with Crippen LogP contribution in [0.25, 0.3) is 0 Å². The van der Waals surface area contributed by atoms with Gasteiger partial charge in [0.2, 0.25) is 0 Å². The quantitative estimate of drug-likeness (QED) is 0.256. The van der Waals surface area contributed by atoms with Crippen molar-refractivity contribution in [2.75, 3.05) is 6.61 Å². The van der Waals surface area contributed by atoms with Gasteiger partial charge in [0.15, 0.2) is 8.32 Å². The maximum atomic E-state index is 6.19. The zero-order chi connectivity index (χ0) is 18.3. The van der Waals surface area contributed by atoms with Gasteiger partial charge in [0.1, 0.15) is 0 Å². The van der Waals surface area contributed by atoms with Crippen molar-refractivity contribution in [2.24, 2.45) is 0 Å². The van der Waals surface area contributed by atoms with Crippen molar-refractivity contribution in [2.45, 2.75) is 97.2 Å². The van der Waals surface area contributed by atoms with Crippen molar-refractivity contribution in [3.8, 4) is 23.7 Å². The fraction of sp³-hybridized carbons (Fsp3) is 0.727. The first-order chi connectivity index (χ1) is 11.3. The van der Waals surface area contributed by atoms with Crippen LogP contribution in [-0.2, 0) is 4.43 Å². The van der Waals surface area contributed by atoms with E-state index in [1.807, 2.05) is 12.2 Å². The van der Waals surface area contributed by atoms with Crippen LogP contribution in [0.2, 0.25) is 18.1 Å². The number of hydrogen-bond acceptors (Lipinski definition) is 1. The van der Waals surface area contributed by atoms with Gasteiger partial charge in [-0.25, -0.2) is 0 Å². The molecule has 0 bridgehead atoms. The van der Waals surface area contributed by atoms with Gasteiger partial charge < -0.3 is 4.43 Å². The fourth-order valence-corrected chi connectivity index (χ4v) is 2.91. The van der Waals surface area contributed by atoms with Gasteiger partial charge in [-0.05, 0) is 49.5 Å². The van der Waals surface area contributed by atoms with Crippen LogP contribution in [0.4, 0.5) is 0 Å². The zero-order valence-corrected chi connectivity index (χ0v) is 17.9. The Hall–Kier alpha value is -0.963. The van der Waals surface area contributed by atoms with Gasteiger partial charge in [-0.3, -0.25) is 0 Å². The minimum absolute atomic E-state index is 0.316. The second-order valence-corrected chi connectivity index (χ2v) is 12.7. The smallest absolute Gasteiger partial charge is 0.191 e. The van der Waals surface area contributed by atoms with E-state index in [4.69, 9.17) is 4.43 Å². The van der Waals surface area contributed by atoms with Gasteiger partial charge in [0, 0.05) is 19.4 Å². The van der Waals surface area contributed by atoms with Crippen molar-refractivity contribution in [1.29, 1.82) is 0 Å². The number of unbranched alkanes of at least 4 members (excludes halogenated alkanes) is 6. The minimum Gasteiger partial charge on any atom is -0.417 e. The van der Waals surface area contributed by atoms with Crippen LogP contribution in [0.5, 0.6) is 0 Å². The van der Waals surface area contributed by atoms with Crippen LogP contribution < -0.4 is 0 Å². The van der Waals surface area contributed by atoms with E-state index >= 15 is 0 Å². The second-order valence-electron chi connectivity index (χ2n) is 7.85. The van der Waals surface area contributed by atoms with E-state index in [-0.39, 0.29) is 0 Å². The predicted octanol–water partition coefficient (Wildman–Crippen LogP) is 6.71. The predicted molar refractivity (Wildman–Crippen MR) is 110 cm³/mol. The molecule has 0 fully saturated rings. The van der Waals surface area contributed by atoms with Crippen LogP contribution in [0.1, 0.15) is 79.1 Å². The Morgan fingerprint density at radius 3 is 1.92 bits per heavy atom. The standard InChI is InChI=1S/C22H38OSi/c1-7-8-9-10-11-12-13-14-15-16-17-18-19-20-21-23-24(5,6)22(2,3)4/h12-13H,7-9,16-21H2,1-6H3. The van der Waals surface area contributed by atoms with Gasteiger partial charge in [-0.1, -0.05) is 70.6 Å². The Bertz CT molecular complexity index is 460. The molecule has 0 aliphatic rings. The third kappa shape index (κ3) is 12.5. The lowest BCUT2D eigenvalue weighted by atomic mass is 10.1. The molecule has 0 radical (unpaired) electrons. The average Bonchev–Trinajstić information content (AvgIpc) is 2.50. The molecule has 0 heterocycles. The summed E-state index contributed by atoms with van der Waals surface area (Å²) in [5, 5.41) is 0.316. The Balaban J connectivity index is 3.60. The largest absolute Gasteiger partial charge is 0.417 e. The van der Waals surface area contributed by atoms with E-state index in [0.717, 1.165) is 19.4 Å². The SMILES string of the molecule is CCCCC#CC=CC#CCCCCCCO[Si](C)(C)C(C)(C)C. The maximum absolute atomic E-state index is 6.19. The molecule has 0 aliphatic carbocycles. The Kier molecular flexibility index (Phi) is 12.8. The molecule has 0 aliphatic heterocycles. The van der Waals surface area contributed by atoms with Crippen LogP contribution in [0.3, 0.4) is 0 Å². The molecule has 0 saturated carbocycles. The van der Waals surface area contributed by atoms with Gasteiger partial charge in [0.05, 0.1) is 0 Å². The molecule has 1 nitrogen and oxygen atoms in total. The molecule has 0 aromatic carbocycles. The molecule has 0 atom stereocenters. The lowest BCUT2D eigenvalue weighted by molar-refractivity contribution is 0.277. The molecule has 0 aromatic rings. The normalized spacial score (nSPS) is 11.8. The molecule has 0 unspecified atom stereocenters. The number of allylic oxidation sites excluding steroid dienone is 2. The van der Waals surface area contributed by atoms with Crippen molar-refractivity contribution >= 4 is 8.32 Å². The average molecular weight is 347 g/mol. The van der Waals surface area contributed by atoms with Crippen LogP contribution in [-0.4, -0.2) is 14.9 Å². The molecular formula is C22H38OSi. The van der Waals surface area contributed by atoms with Crippen molar-refractivity contribution in [3.63, 3.8) is 0 Å². The Labute approximate surface area is 152 Å². The molecule has 136 valence electrons. The zero-order valence-electron chi connectivity index (χ0n) is 16.9. The van der Waals surface area contributed by atoms with Crippen molar-refractivity contribution < 1.29 is 4.43 Å². The van der Waals surface area contributed by atoms with Gasteiger partial charge >= 0.3 is 0 Å². The summed E-state index contributed by atoms with van der Waals surface area (Å²) in [6.45, 7) is 14.6. The summed E-state index contributed by atoms with van der Waals surface area (Å²) in [6.07, 6.45) is 13.0. The summed E-state index contributed by atoms with van der Waals surface area (Å²) in [6, 6.07) is 0. The molecule has 0 aromatic heterocycles. The van der Waals surface area contributed by atoms with E-state index in [0.29, 0.717) is 5.04 Å². The van der Waals surface area contributed by atoms with Gasteiger partial charge in [-0.15, -0.1) is 0 Å².